The number of hydrogen-bond acceptors (Lipinski definition) is 3. The Morgan fingerprint density at radius 2 is 1.80 bits per heavy atom. The van der Waals surface area contributed by atoms with Gasteiger partial charge in [-0.1, -0.05) is 36.4 Å². The number of carbonyl (C=O) groups excluding carboxylic acids is 1. The molecule has 4 nitrogen and oxygen atoms in total. The number of aliphatic imine (C=N–C) groups is 1. The van der Waals surface area contributed by atoms with Gasteiger partial charge in [-0.2, -0.15) is 13.2 Å². The van der Waals surface area contributed by atoms with Gasteiger partial charge in [-0.05, 0) is 30.7 Å². The number of rotatable bonds is 3. The molecule has 25 heavy (non-hydrogen) atoms. The minimum atomic E-state index is -4.52. The molecule has 0 aliphatic heterocycles. The van der Waals surface area contributed by atoms with Crippen molar-refractivity contribution in [2.75, 3.05) is 7.11 Å². The van der Waals surface area contributed by atoms with Gasteiger partial charge in [0.05, 0.1) is 18.7 Å². The number of carbonyl (C=O) groups is 1. The third-order valence-electron chi connectivity index (χ3n) is 3.46. The molecule has 0 aromatic heterocycles. The number of benzene rings is 2. The minimum Gasteiger partial charge on any atom is -0.468 e. The van der Waals surface area contributed by atoms with Gasteiger partial charge in [0, 0.05) is 5.56 Å². The minimum absolute atomic E-state index is 0.0706. The second-order valence-electron chi connectivity index (χ2n) is 5.26. The number of halogens is 3. The molecule has 0 aliphatic rings. The summed E-state index contributed by atoms with van der Waals surface area (Å²) in [6.07, 6.45) is -4.52. The fourth-order valence-electron chi connectivity index (χ4n) is 2.12. The predicted octanol–water partition coefficient (Wildman–Crippen LogP) is 4.20. The fourth-order valence-corrected chi connectivity index (χ4v) is 2.12. The normalized spacial score (nSPS) is 13.2. The topological polar surface area (TPSA) is 50.7 Å². The van der Waals surface area contributed by atoms with E-state index in [4.69, 9.17) is 4.74 Å². The molecule has 2 aromatic rings. The number of hydrogen-bond donors (Lipinski definition) is 1. The van der Waals surface area contributed by atoms with Crippen LogP contribution in [0, 0.1) is 0 Å². The van der Waals surface area contributed by atoms with Crippen LogP contribution in [0.25, 0.3) is 0 Å². The van der Waals surface area contributed by atoms with E-state index in [0.29, 0.717) is 0 Å². The van der Waals surface area contributed by atoms with Gasteiger partial charge in [0.15, 0.2) is 0 Å². The van der Waals surface area contributed by atoms with Crippen LogP contribution in [0.3, 0.4) is 0 Å². The lowest BCUT2D eigenvalue weighted by molar-refractivity contribution is -0.137. The largest absolute Gasteiger partial charge is 0.468 e. The van der Waals surface area contributed by atoms with Gasteiger partial charge in [-0.25, -0.2) is 4.99 Å². The predicted molar refractivity (Wildman–Crippen MR) is 88.2 cm³/mol. The van der Waals surface area contributed by atoms with Crippen LogP contribution in [0.1, 0.15) is 34.5 Å². The maximum atomic E-state index is 12.7. The summed E-state index contributed by atoms with van der Waals surface area (Å²) in [4.78, 5) is 16.4. The second-order valence-corrected chi connectivity index (χ2v) is 5.26. The van der Waals surface area contributed by atoms with Crippen LogP contribution in [-0.2, 0) is 10.9 Å². The third-order valence-corrected chi connectivity index (χ3v) is 3.46. The molecule has 0 saturated carbocycles. The van der Waals surface area contributed by atoms with Crippen LogP contribution in [0.4, 0.5) is 13.2 Å². The van der Waals surface area contributed by atoms with Crippen molar-refractivity contribution >= 4 is 11.9 Å². The molecule has 132 valence electrons. The average molecular weight is 350 g/mol. The lowest BCUT2D eigenvalue weighted by Crippen LogP contribution is -2.32. The maximum Gasteiger partial charge on any atom is 0.416 e. The van der Waals surface area contributed by atoms with E-state index in [-0.39, 0.29) is 17.6 Å². The van der Waals surface area contributed by atoms with E-state index in [9.17, 15) is 18.0 Å². The van der Waals surface area contributed by atoms with Crippen LogP contribution in [0.5, 0.6) is 0 Å². The Hall–Kier alpha value is -2.83. The summed E-state index contributed by atoms with van der Waals surface area (Å²) in [5.41, 5.74) is -0.119. The molecule has 0 radical (unpaired) electrons. The first-order valence-electron chi connectivity index (χ1n) is 7.46. The quantitative estimate of drug-likeness (QED) is 0.666. The van der Waals surface area contributed by atoms with Crippen molar-refractivity contribution in [3.8, 4) is 0 Å². The molecule has 7 heteroatoms. The van der Waals surface area contributed by atoms with Gasteiger partial charge in [0.1, 0.15) is 0 Å². The molecule has 2 rings (SSSR count). The lowest BCUT2D eigenvalue weighted by atomic mass is 10.1. The van der Waals surface area contributed by atoms with Crippen molar-refractivity contribution in [2.45, 2.75) is 19.1 Å². The third kappa shape index (κ3) is 5.07. The first-order valence-corrected chi connectivity index (χ1v) is 7.46. The monoisotopic (exact) mass is 350 g/mol. The molecule has 0 aliphatic carbocycles. The van der Waals surface area contributed by atoms with E-state index >= 15 is 0 Å². The highest BCUT2D eigenvalue weighted by molar-refractivity contribution is 6.04. The Morgan fingerprint density at radius 3 is 2.40 bits per heavy atom. The number of alkyl halides is 3. The highest BCUT2D eigenvalue weighted by atomic mass is 19.4. The molecule has 1 N–H and O–H groups in total. The average Bonchev–Trinajstić information content (AvgIpc) is 2.61. The fraction of sp³-hybridized carbons (Fsp3) is 0.222. The van der Waals surface area contributed by atoms with E-state index in [1.54, 1.807) is 0 Å². The zero-order valence-electron chi connectivity index (χ0n) is 13.7. The van der Waals surface area contributed by atoms with Crippen molar-refractivity contribution in [1.29, 1.82) is 0 Å². The molecule has 0 saturated heterocycles. The Kier molecular flexibility index (Phi) is 5.80. The van der Waals surface area contributed by atoms with E-state index in [1.165, 1.54) is 19.2 Å². The zero-order valence-corrected chi connectivity index (χ0v) is 13.7. The van der Waals surface area contributed by atoms with Gasteiger partial charge in [-0.3, -0.25) is 10.1 Å². The molecular formula is C18H17F3N2O2. The van der Waals surface area contributed by atoms with E-state index in [2.05, 4.69) is 10.3 Å². The molecule has 1 atom stereocenters. The lowest BCUT2D eigenvalue weighted by Gasteiger charge is -2.12. The van der Waals surface area contributed by atoms with Crippen LogP contribution in [-0.4, -0.2) is 19.0 Å². The molecule has 0 bridgehead atoms. The highest BCUT2D eigenvalue weighted by Gasteiger charge is 2.31. The number of nitrogens with zero attached hydrogens (tertiary/aromatic N) is 1. The summed E-state index contributed by atoms with van der Waals surface area (Å²) in [5, 5.41) is 2.38. The van der Waals surface area contributed by atoms with Crippen LogP contribution < -0.4 is 5.32 Å². The number of ether oxygens (including phenoxy) is 1. The Morgan fingerprint density at radius 1 is 1.12 bits per heavy atom. The van der Waals surface area contributed by atoms with Crippen LogP contribution in [0.15, 0.2) is 59.6 Å². The molecule has 1 amide bonds. The molecule has 0 heterocycles. The van der Waals surface area contributed by atoms with Gasteiger partial charge in [0.2, 0.25) is 0 Å². The van der Waals surface area contributed by atoms with Crippen LogP contribution in [0.2, 0.25) is 0 Å². The van der Waals surface area contributed by atoms with Crippen molar-refractivity contribution in [1.82, 2.24) is 5.32 Å². The summed E-state index contributed by atoms with van der Waals surface area (Å²) in [7, 11) is 1.32. The van der Waals surface area contributed by atoms with Crippen molar-refractivity contribution in [3.05, 3.63) is 71.3 Å². The molecule has 2 aromatic carbocycles. The van der Waals surface area contributed by atoms with E-state index < -0.39 is 17.6 Å². The molecular weight excluding hydrogens is 333 g/mol. The first kappa shape index (κ1) is 18.5. The van der Waals surface area contributed by atoms with Gasteiger partial charge in [0.25, 0.3) is 11.9 Å². The van der Waals surface area contributed by atoms with Crippen molar-refractivity contribution in [2.24, 2.45) is 4.99 Å². The Bertz CT molecular complexity index is 758. The number of nitrogens with one attached hydrogen (secondary N) is 1. The number of methoxy groups -OCH3 is 1. The number of amides is 1. The zero-order chi connectivity index (χ0) is 18.4. The molecule has 0 spiro atoms. The SMILES string of the molecule is COC(=NC(C)c1ccccc1)NC(=O)c1cccc(C(F)(F)F)c1. The van der Waals surface area contributed by atoms with Crippen molar-refractivity contribution < 1.29 is 22.7 Å². The Labute approximate surface area is 143 Å². The maximum absolute atomic E-state index is 12.7. The summed E-state index contributed by atoms with van der Waals surface area (Å²) in [6, 6.07) is 13.1. The van der Waals surface area contributed by atoms with Crippen molar-refractivity contribution in [3.63, 3.8) is 0 Å². The number of amidine groups is 1. The highest BCUT2D eigenvalue weighted by Crippen LogP contribution is 2.29. The first-order chi connectivity index (χ1) is 11.8. The molecule has 1 unspecified atom stereocenters. The summed E-state index contributed by atoms with van der Waals surface area (Å²) in [5.74, 6) is -0.730. The summed E-state index contributed by atoms with van der Waals surface area (Å²) < 4.78 is 43.2. The van der Waals surface area contributed by atoms with E-state index in [0.717, 1.165) is 17.7 Å². The van der Waals surface area contributed by atoms with E-state index in [1.807, 2.05) is 37.3 Å². The van der Waals surface area contributed by atoms with Crippen LogP contribution >= 0.6 is 0 Å². The molecule has 0 fully saturated rings. The summed E-state index contributed by atoms with van der Waals surface area (Å²) >= 11 is 0. The van der Waals surface area contributed by atoms with Gasteiger partial charge >= 0.3 is 6.18 Å². The second kappa shape index (κ2) is 7.83. The standard InChI is InChI=1S/C18H17F3N2O2/c1-12(13-7-4-3-5-8-13)22-17(25-2)23-16(24)14-9-6-10-15(11-14)18(19,20)21/h3-12H,1-2H3,(H,22,23,24). The van der Waals surface area contributed by atoms with Gasteiger partial charge in [-0.15, -0.1) is 0 Å². The smallest absolute Gasteiger partial charge is 0.416 e. The van der Waals surface area contributed by atoms with Gasteiger partial charge < -0.3 is 4.74 Å². The Balaban J connectivity index is 2.16. The summed E-state index contributed by atoms with van der Waals surface area (Å²) in [6.45, 7) is 1.81.